The van der Waals surface area contributed by atoms with E-state index in [0.717, 1.165) is 5.56 Å². The highest BCUT2D eigenvalue weighted by atomic mass is 16.2. The van der Waals surface area contributed by atoms with Crippen molar-refractivity contribution >= 4 is 11.8 Å². The van der Waals surface area contributed by atoms with E-state index >= 15 is 0 Å². The summed E-state index contributed by atoms with van der Waals surface area (Å²) in [7, 11) is 0. The highest BCUT2D eigenvalue weighted by molar-refractivity contribution is 6.04. The maximum atomic E-state index is 12.6. The van der Waals surface area contributed by atoms with Crippen LogP contribution in [0.4, 0.5) is 0 Å². The molecule has 0 spiro atoms. The van der Waals surface area contributed by atoms with Crippen molar-refractivity contribution in [2.75, 3.05) is 13.1 Å². The Morgan fingerprint density at radius 3 is 2.43 bits per heavy atom. The Balaban J connectivity index is 2.81. The zero-order valence-electron chi connectivity index (χ0n) is 13.1. The standard InChI is InChI=1S/C17H24N2O2/c1-5-12-18-15(20)17(3,4)16(21)19(6-2)13-14-10-8-7-9-11-14/h5,7-11H,1,6,12-13H2,2-4H3,(H,18,20). The van der Waals surface area contributed by atoms with Crippen molar-refractivity contribution in [2.24, 2.45) is 5.41 Å². The van der Waals surface area contributed by atoms with Crippen molar-refractivity contribution in [3.05, 3.63) is 48.6 Å². The summed E-state index contributed by atoms with van der Waals surface area (Å²) in [6.07, 6.45) is 1.60. The first-order chi connectivity index (χ1) is 9.93. The normalized spacial score (nSPS) is 10.8. The van der Waals surface area contributed by atoms with Crippen LogP contribution in [0, 0.1) is 5.41 Å². The van der Waals surface area contributed by atoms with Crippen LogP contribution in [0.5, 0.6) is 0 Å². The van der Waals surface area contributed by atoms with Gasteiger partial charge in [0.1, 0.15) is 5.41 Å². The highest BCUT2D eigenvalue weighted by Gasteiger charge is 2.38. The van der Waals surface area contributed by atoms with E-state index in [2.05, 4.69) is 11.9 Å². The van der Waals surface area contributed by atoms with Crippen molar-refractivity contribution < 1.29 is 9.59 Å². The zero-order chi connectivity index (χ0) is 15.9. The molecule has 0 unspecified atom stereocenters. The van der Waals surface area contributed by atoms with Crippen LogP contribution < -0.4 is 5.32 Å². The molecule has 0 aliphatic heterocycles. The number of rotatable bonds is 7. The topological polar surface area (TPSA) is 49.4 Å². The molecule has 4 nitrogen and oxygen atoms in total. The van der Waals surface area contributed by atoms with Gasteiger partial charge in [-0.05, 0) is 26.3 Å². The molecule has 21 heavy (non-hydrogen) atoms. The minimum absolute atomic E-state index is 0.171. The quantitative estimate of drug-likeness (QED) is 0.618. The van der Waals surface area contributed by atoms with Gasteiger partial charge in [-0.25, -0.2) is 0 Å². The van der Waals surface area contributed by atoms with Gasteiger partial charge in [0.2, 0.25) is 11.8 Å². The molecule has 0 radical (unpaired) electrons. The second-order valence-electron chi connectivity index (χ2n) is 5.43. The lowest BCUT2D eigenvalue weighted by atomic mass is 9.90. The summed E-state index contributed by atoms with van der Waals surface area (Å²) in [5.74, 6) is -0.450. The third kappa shape index (κ3) is 4.45. The Morgan fingerprint density at radius 1 is 1.29 bits per heavy atom. The maximum Gasteiger partial charge on any atom is 0.237 e. The molecular formula is C17H24N2O2. The van der Waals surface area contributed by atoms with Gasteiger partial charge in [0.25, 0.3) is 0 Å². The van der Waals surface area contributed by atoms with E-state index in [-0.39, 0.29) is 11.8 Å². The number of hydrogen-bond acceptors (Lipinski definition) is 2. The lowest BCUT2D eigenvalue weighted by molar-refractivity contribution is -0.148. The predicted octanol–water partition coefficient (Wildman–Crippen LogP) is 2.36. The molecule has 0 aliphatic rings. The number of hydrogen-bond donors (Lipinski definition) is 1. The number of nitrogens with zero attached hydrogens (tertiary/aromatic N) is 1. The van der Waals surface area contributed by atoms with Gasteiger partial charge in [0.05, 0.1) is 0 Å². The molecular weight excluding hydrogens is 264 g/mol. The molecule has 4 heteroatoms. The van der Waals surface area contributed by atoms with E-state index < -0.39 is 5.41 Å². The summed E-state index contributed by atoms with van der Waals surface area (Å²) in [4.78, 5) is 26.5. The largest absolute Gasteiger partial charge is 0.352 e. The van der Waals surface area contributed by atoms with Crippen molar-refractivity contribution in [2.45, 2.75) is 27.3 Å². The summed E-state index contributed by atoms with van der Waals surface area (Å²) in [5.41, 5.74) is -0.0386. The SMILES string of the molecule is C=CCNC(=O)C(C)(C)C(=O)N(CC)Cc1ccccc1. The van der Waals surface area contributed by atoms with Crippen molar-refractivity contribution in [1.82, 2.24) is 10.2 Å². The summed E-state index contributed by atoms with van der Waals surface area (Å²) in [5, 5.41) is 2.69. The predicted molar refractivity (Wildman–Crippen MR) is 84.5 cm³/mol. The molecule has 0 fully saturated rings. The Morgan fingerprint density at radius 2 is 1.90 bits per heavy atom. The lowest BCUT2D eigenvalue weighted by Crippen LogP contribution is -2.49. The van der Waals surface area contributed by atoms with Crippen molar-refractivity contribution in [3.8, 4) is 0 Å². The zero-order valence-corrected chi connectivity index (χ0v) is 13.1. The van der Waals surface area contributed by atoms with Crippen molar-refractivity contribution in [3.63, 3.8) is 0 Å². The minimum atomic E-state index is -1.09. The lowest BCUT2D eigenvalue weighted by Gasteiger charge is -2.30. The van der Waals surface area contributed by atoms with Crippen LogP contribution in [0.1, 0.15) is 26.3 Å². The maximum absolute atomic E-state index is 12.6. The molecule has 1 aromatic carbocycles. The Bertz CT molecular complexity index is 495. The third-order valence-corrected chi connectivity index (χ3v) is 3.39. The van der Waals surface area contributed by atoms with Gasteiger partial charge < -0.3 is 10.2 Å². The summed E-state index contributed by atoms with van der Waals surface area (Å²) < 4.78 is 0. The summed E-state index contributed by atoms with van der Waals surface area (Å²) >= 11 is 0. The van der Waals surface area contributed by atoms with Gasteiger partial charge in [-0.3, -0.25) is 9.59 Å². The van der Waals surface area contributed by atoms with E-state index in [0.29, 0.717) is 19.6 Å². The van der Waals surface area contributed by atoms with Crippen LogP contribution >= 0.6 is 0 Å². The first-order valence-electron chi connectivity index (χ1n) is 7.16. The van der Waals surface area contributed by atoms with E-state index in [1.807, 2.05) is 37.3 Å². The highest BCUT2D eigenvalue weighted by Crippen LogP contribution is 2.20. The fourth-order valence-corrected chi connectivity index (χ4v) is 2.01. The Labute approximate surface area is 126 Å². The fourth-order valence-electron chi connectivity index (χ4n) is 2.01. The smallest absolute Gasteiger partial charge is 0.237 e. The Hall–Kier alpha value is -2.10. The molecule has 114 valence electrons. The number of nitrogens with one attached hydrogen (secondary N) is 1. The molecule has 0 bridgehead atoms. The van der Waals surface area contributed by atoms with Gasteiger partial charge in [-0.15, -0.1) is 6.58 Å². The molecule has 0 atom stereocenters. The molecule has 1 aromatic rings. The van der Waals surface area contributed by atoms with Gasteiger partial charge in [-0.1, -0.05) is 36.4 Å². The monoisotopic (exact) mass is 288 g/mol. The van der Waals surface area contributed by atoms with E-state index in [9.17, 15) is 9.59 Å². The molecule has 0 aliphatic carbocycles. The first-order valence-corrected chi connectivity index (χ1v) is 7.16. The van der Waals surface area contributed by atoms with Crippen molar-refractivity contribution in [1.29, 1.82) is 0 Å². The van der Waals surface area contributed by atoms with Gasteiger partial charge in [0.15, 0.2) is 0 Å². The van der Waals surface area contributed by atoms with E-state index in [1.165, 1.54) is 0 Å². The van der Waals surface area contributed by atoms with E-state index in [1.54, 1.807) is 24.8 Å². The van der Waals surface area contributed by atoms with Crippen LogP contribution in [0.3, 0.4) is 0 Å². The van der Waals surface area contributed by atoms with Crippen LogP contribution in [0.2, 0.25) is 0 Å². The number of carbonyl (C=O) groups excluding carboxylic acids is 2. The average Bonchev–Trinajstić information content (AvgIpc) is 2.50. The average molecular weight is 288 g/mol. The van der Waals surface area contributed by atoms with Crippen LogP contribution in [0.15, 0.2) is 43.0 Å². The van der Waals surface area contributed by atoms with Gasteiger partial charge in [0, 0.05) is 19.6 Å². The summed E-state index contributed by atoms with van der Waals surface area (Å²) in [6, 6.07) is 9.76. The van der Waals surface area contributed by atoms with Crippen LogP contribution in [0.25, 0.3) is 0 Å². The molecule has 0 heterocycles. The molecule has 2 amide bonds. The summed E-state index contributed by atoms with van der Waals surface area (Å²) in [6.45, 7) is 10.2. The number of amides is 2. The van der Waals surface area contributed by atoms with Gasteiger partial charge >= 0.3 is 0 Å². The number of benzene rings is 1. The molecule has 1 rings (SSSR count). The molecule has 0 aromatic heterocycles. The first kappa shape index (κ1) is 17.0. The molecule has 1 N–H and O–H groups in total. The molecule has 0 saturated heterocycles. The van der Waals surface area contributed by atoms with Gasteiger partial charge in [-0.2, -0.15) is 0 Å². The molecule has 0 saturated carbocycles. The Kier molecular flexibility index (Phi) is 6.15. The van der Waals surface area contributed by atoms with Crippen LogP contribution in [-0.4, -0.2) is 29.8 Å². The van der Waals surface area contributed by atoms with E-state index in [4.69, 9.17) is 0 Å². The second-order valence-corrected chi connectivity index (χ2v) is 5.43. The minimum Gasteiger partial charge on any atom is -0.352 e. The van der Waals surface area contributed by atoms with Crippen LogP contribution in [-0.2, 0) is 16.1 Å². The third-order valence-electron chi connectivity index (χ3n) is 3.39. The number of carbonyl (C=O) groups is 2. The fraction of sp³-hybridized carbons (Fsp3) is 0.412. The second kappa shape index (κ2) is 7.62.